The molecule has 1 heterocycles. The molecule has 0 bridgehead atoms. The Kier molecular flexibility index (Phi) is 6.95. The van der Waals surface area contributed by atoms with Gasteiger partial charge in [-0.3, -0.25) is 9.59 Å². The molecule has 9 unspecified atom stereocenters. The molecule has 9 nitrogen and oxygen atoms in total. The van der Waals surface area contributed by atoms with Gasteiger partial charge in [0.05, 0.1) is 30.8 Å². The molecule has 3 fully saturated rings. The molecular weight excluding hydrogens is 516 g/mol. The zero-order valence-electron chi connectivity index (χ0n) is 24.3. The van der Waals surface area contributed by atoms with Crippen LogP contribution in [0.1, 0.15) is 64.2 Å². The number of Topliss-reactive ketones (excluding diaryl/α,β-unsaturated/α-hetero) is 1. The summed E-state index contributed by atoms with van der Waals surface area (Å²) < 4.78 is 30.2. The predicted molar refractivity (Wildman–Crippen MR) is 143 cm³/mol. The molecular formula is C31H40O9. The van der Waals surface area contributed by atoms with Crippen molar-refractivity contribution >= 4 is 17.7 Å². The highest BCUT2D eigenvalue weighted by molar-refractivity contribution is 5.97. The minimum Gasteiger partial charge on any atom is -0.493 e. The van der Waals surface area contributed by atoms with Crippen molar-refractivity contribution in [2.45, 2.75) is 83.4 Å². The number of aliphatic hydroxyl groups is 1. The molecule has 1 aliphatic heterocycles. The van der Waals surface area contributed by atoms with E-state index >= 15 is 0 Å². The number of methoxy groups -OCH3 is 2. The molecule has 1 saturated heterocycles. The van der Waals surface area contributed by atoms with Crippen molar-refractivity contribution < 1.29 is 43.2 Å². The van der Waals surface area contributed by atoms with Gasteiger partial charge in [0.15, 0.2) is 11.4 Å². The Balaban J connectivity index is 1.78. The molecule has 218 valence electrons. The van der Waals surface area contributed by atoms with Crippen LogP contribution in [0.15, 0.2) is 41.7 Å². The molecule has 9 heteroatoms. The number of carbonyl (C=O) groups is 3. The summed E-state index contributed by atoms with van der Waals surface area (Å²) in [5.74, 6) is -1.89. The Hall–Kier alpha value is -2.75. The molecule has 5 rings (SSSR count). The maximum absolute atomic E-state index is 14.0. The maximum atomic E-state index is 14.0. The summed E-state index contributed by atoms with van der Waals surface area (Å²) in [5, 5.41) is 12.6. The van der Waals surface area contributed by atoms with Gasteiger partial charge in [-0.25, -0.2) is 4.79 Å². The fraction of sp³-hybridized carbons (Fsp3) is 0.645. The second kappa shape index (κ2) is 9.67. The lowest BCUT2D eigenvalue weighted by atomic mass is 9.30. The molecule has 0 spiro atoms. The molecule has 9 atom stereocenters. The van der Waals surface area contributed by atoms with Crippen molar-refractivity contribution in [1.29, 1.82) is 0 Å². The Morgan fingerprint density at radius 2 is 1.77 bits per heavy atom. The fourth-order valence-electron chi connectivity index (χ4n) is 8.39. The second-order valence-corrected chi connectivity index (χ2v) is 12.2. The average Bonchev–Trinajstić information content (AvgIpc) is 2.93. The standard InChI is InChI=1S/C31H40O9/c1-17-13-14-30(35)27(39-26(34)20-11-9-8-10-12-20)29(5)28(30,4)23(17)25(37-7)24(33)18(2)21(36-6)15-22-31(29,16-38-22)40-19(3)32/h8-12,17-18,21-22,27,35H,13-16H2,1-7H3/b25-23+. The SMILES string of the molecule is CO/C1=C2\C(C)CCC3(O)C(OC(=O)c4ccccc4)C(C)(C4(OC(C)=O)COC4CC(OC)C(C)C1=O)C23C. The van der Waals surface area contributed by atoms with Crippen LogP contribution in [0.5, 0.6) is 0 Å². The zero-order chi connectivity index (χ0) is 29.3. The molecule has 0 aromatic heterocycles. The van der Waals surface area contributed by atoms with Gasteiger partial charge >= 0.3 is 11.9 Å². The minimum atomic E-state index is -1.56. The number of esters is 2. The van der Waals surface area contributed by atoms with Crippen LogP contribution in [0.2, 0.25) is 0 Å². The number of ketones is 1. The van der Waals surface area contributed by atoms with E-state index in [0.717, 1.165) is 0 Å². The van der Waals surface area contributed by atoms with Gasteiger partial charge in [0, 0.05) is 31.8 Å². The number of hydrogen-bond acceptors (Lipinski definition) is 9. The Bertz CT molecular complexity index is 1240. The number of hydrogen-bond donors (Lipinski definition) is 1. The third-order valence-corrected chi connectivity index (χ3v) is 10.7. The normalized spacial score (nSPS) is 44.2. The van der Waals surface area contributed by atoms with E-state index in [2.05, 4.69) is 0 Å². The number of fused-ring (bicyclic) bond motifs is 2. The summed E-state index contributed by atoms with van der Waals surface area (Å²) in [4.78, 5) is 40.2. The first-order valence-corrected chi connectivity index (χ1v) is 14.0. The summed E-state index contributed by atoms with van der Waals surface area (Å²) in [5.41, 5.74) is -4.22. The van der Waals surface area contributed by atoms with Crippen molar-refractivity contribution in [2.75, 3.05) is 20.8 Å². The largest absolute Gasteiger partial charge is 0.493 e. The third kappa shape index (κ3) is 3.46. The van der Waals surface area contributed by atoms with Crippen LogP contribution in [-0.4, -0.2) is 73.2 Å². The van der Waals surface area contributed by atoms with E-state index in [1.807, 2.05) is 20.8 Å². The molecule has 1 N–H and O–H groups in total. The van der Waals surface area contributed by atoms with E-state index < -0.39 is 58.2 Å². The van der Waals surface area contributed by atoms with E-state index in [-0.39, 0.29) is 30.5 Å². The van der Waals surface area contributed by atoms with Crippen LogP contribution in [0, 0.1) is 22.7 Å². The van der Waals surface area contributed by atoms with Crippen molar-refractivity contribution in [3.8, 4) is 0 Å². The molecule has 3 aliphatic carbocycles. The molecule has 1 aromatic rings. The van der Waals surface area contributed by atoms with E-state index in [0.29, 0.717) is 24.0 Å². The number of ether oxygens (including phenoxy) is 5. The van der Waals surface area contributed by atoms with Crippen LogP contribution in [0.3, 0.4) is 0 Å². The summed E-state index contributed by atoms with van der Waals surface area (Å²) in [6.07, 6.45) is -1.18. The lowest BCUT2D eigenvalue weighted by Gasteiger charge is -2.79. The van der Waals surface area contributed by atoms with Gasteiger partial charge < -0.3 is 28.8 Å². The number of rotatable bonds is 5. The lowest BCUT2D eigenvalue weighted by molar-refractivity contribution is -0.420. The van der Waals surface area contributed by atoms with Crippen molar-refractivity contribution in [1.82, 2.24) is 0 Å². The van der Waals surface area contributed by atoms with Crippen molar-refractivity contribution in [3.63, 3.8) is 0 Å². The number of allylic oxidation sites excluding steroid dienone is 1. The van der Waals surface area contributed by atoms with Gasteiger partial charge in [-0.15, -0.1) is 0 Å². The van der Waals surface area contributed by atoms with E-state index in [1.165, 1.54) is 21.1 Å². The highest BCUT2D eigenvalue weighted by Crippen LogP contribution is 2.78. The topological polar surface area (TPSA) is 118 Å². The van der Waals surface area contributed by atoms with Gasteiger partial charge in [0.1, 0.15) is 17.8 Å². The zero-order valence-corrected chi connectivity index (χ0v) is 24.3. The molecule has 40 heavy (non-hydrogen) atoms. The monoisotopic (exact) mass is 556 g/mol. The molecule has 0 amide bonds. The summed E-state index contributed by atoms with van der Waals surface area (Å²) in [6.45, 7) is 8.94. The lowest BCUT2D eigenvalue weighted by Crippen LogP contribution is -2.91. The highest BCUT2D eigenvalue weighted by Gasteiger charge is 2.89. The van der Waals surface area contributed by atoms with Crippen molar-refractivity contribution in [2.24, 2.45) is 22.7 Å². The Labute approximate surface area is 235 Å². The quantitative estimate of drug-likeness (QED) is 0.543. The first-order valence-electron chi connectivity index (χ1n) is 14.0. The summed E-state index contributed by atoms with van der Waals surface area (Å²) in [6, 6.07) is 8.58. The second-order valence-electron chi connectivity index (χ2n) is 12.2. The van der Waals surface area contributed by atoms with Gasteiger partial charge in [-0.1, -0.05) is 45.9 Å². The summed E-state index contributed by atoms with van der Waals surface area (Å²) in [7, 11) is 3.00. The molecule has 1 aromatic carbocycles. The number of carbonyl (C=O) groups excluding carboxylic acids is 3. The maximum Gasteiger partial charge on any atom is 0.338 e. The summed E-state index contributed by atoms with van der Waals surface area (Å²) >= 11 is 0. The van der Waals surface area contributed by atoms with Crippen LogP contribution in [0.25, 0.3) is 0 Å². The van der Waals surface area contributed by atoms with Gasteiger partial charge in [-0.05, 0) is 36.5 Å². The predicted octanol–water partition coefficient (Wildman–Crippen LogP) is 3.62. The Morgan fingerprint density at radius 3 is 2.33 bits per heavy atom. The minimum absolute atomic E-state index is 0.0432. The Morgan fingerprint density at radius 1 is 1.10 bits per heavy atom. The van der Waals surface area contributed by atoms with E-state index in [4.69, 9.17) is 23.7 Å². The first kappa shape index (κ1) is 28.8. The van der Waals surface area contributed by atoms with Crippen LogP contribution in [0.4, 0.5) is 0 Å². The fourth-order valence-corrected chi connectivity index (χ4v) is 8.39. The van der Waals surface area contributed by atoms with Gasteiger partial charge in [-0.2, -0.15) is 0 Å². The highest BCUT2D eigenvalue weighted by atomic mass is 16.6. The third-order valence-electron chi connectivity index (χ3n) is 10.7. The molecule has 4 aliphatic rings. The van der Waals surface area contributed by atoms with E-state index in [1.54, 1.807) is 37.3 Å². The average molecular weight is 557 g/mol. The molecule has 0 radical (unpaired) electrons. The number of benzene rings is 1. The van der Waals surface area contributed by atoms with Gasteiger partial charge in [0.25, 0.3) is 0 Å². The van der Waals surface area contributed by atoms with Crippen LogP contribution in [-0.2, 0) is 33.3 Å². The smallest absolute Gasteiger partial charge is 0.338 e. The van der Waals surface area contributed by atoms with E-state index in [9.17, 15) is 19.5 Å². The van der Waals surface area contributed by atoms with Gasteiger partial charge in [0.2, 0.25) is 5.78 Å². The van der Waals surface area contributed by atoms with Crippen LogP contribution >= 0.6 is 0 Å². The molecule has 2 saturated carbocycles. The first-order chi connectivity index (χ1) is 18.8. The van der Waals surface area contributed by atoms with Crippen molar-refractivity contribution in [3.05, 3.63) is 47.2 Å². The van der Waals surface area contributed by atoms with Crippen LogP contribution < -0.4 is 0 Å².